The zero-order valence-corrected chi connectivity index (χ0v) is 16.0. The number of benzene rings is 2. The Balaban J connectivity index is 1.77. The summed E-state index contributed by atoms with van der Waals surface area (Å²) in [6.07, 6.45) is 0.416. The molecule has 140 valence electrons. The van der Waals surface area contributed by atoms with Gasteiger partial charge in [-0.3, -0.25) is 4.79 Å². The van der Waals surface area contributed by atoms with Crippen molar-refractivity contribution in [3.05, 3.63) is 93.4 Å². The van der Waals surface area contributed by atoms with Crippen LogP contribution in [0.3, 0.4) is 0 Å². The summed E-state index contributed by atoms with van der Waals surface area (Å²) in [5.74, 6) is 0. The van der Waals surface area contributed by atoms with Gasteiger partial charge in [-0.1, -0.05) is 42.5 Å². The number of rotatable bonds is 6. The zero-order valence-electron chi connectivity index (χ0n) is 15.2. The van der Waals surface area contributed by atoms with E-state index in [1.807, 2.05) is 30.3 Å². The maximum atomic E-state index is 12.8. The Kier molecular flexibility index (Phi) is 5.53. The van der Waals surface area contributed by atoms with Gasteiger partial charge in [0.1, 0.15) is 0 Å². The van der Waals surface area contributed by atoms with E-state index in [0.717, 1.165) is 16.8 Å². The first kappa shape index (κ1) is 19.0. The summed E-state index contributed by atoms with van der Waals surface area (Å²) in [6, 6.07) is 17.8. The molecule has 1 N–H and O–H groups in total. The molecule has 0 spiro atoms. The number of hydrogen-bond acceptors (Lipinski definition) is 4. The van der Waals surface area contributed by atoms with Gasteiger partial charge in [0.25, 0.3) is 5.56 Å². The van der Waals surface area contributed by atoms with Crippen LogP contribution in [-0.4, -0.2) is 30.0 Å². The predicted molar refractivity (Wildman–Crippen MR) is 104 cm³/mol. The minimum atomic E-state index is -3.59. The van der Waals surface area contributed by atoms with Gasteiger partial charge in [-0.15, -0.1) is 0 Å². The van der Waals surface area contributed by atoms with E-state index in [-0.39, 0.29) is 10.5 Å². The molecule has 6 nitrogen and oxygen atoms in total. The van der Waals surface area contributed by atoms with Crippen LogP contribution in [0.2, 0.25) is 0 Å². The third-order valence-corrected chi connectivity index (χ3v) is 6.10. The number of aromatic amines is 1. The lowest BCUT2D eigenvalue weighted by Crippen LogP contribution is -2.26. The van der Waals surface area contributed by atoms with E-state index in [0.29, 0.717) is 18.5 Å². The summed E-state index contributed by atoms with van der Waals surface area (Å²) >= 11 is 0. The zero-order chi connectivity index (χ0) is 19.4. The molecule has 0 unspecified atom stereocenters. The Labute approximate surface area is 158 Å². The minimum absolute atomic E-state index is 0.226. The van der Waals surface area contributed by atoms with Gasteiger partial charge < -0.3 is 0 Å². The molecule has 0 aliphatic carbocycles. The highest BCUT2D eigenvalue weighted by Gasteiger charge is 2.20. The van der Waals surface area contributed by atoms with Crippen LogP contribution in [0.4, 0.5) is 0 Å². The number of aryl methyl sites for hydroxylation is 1. The molecule has 0 fully saturated rings. The van der Waals surface area contributed by atoms with Crippen LogP contribution in [0.15, 0.2) is 70.4 Å². The van der Waals surface area contributed by atoms with Crippen LogP contribution >= 0.6 is 0 Å². The molecule has 0 radical (unpaired) electrons. The molecule has 3 rings (SSSR count). The van der Waals surface area contributed by atoms with Gasteiger partial charge in [-0.25, -0.2) is 13.5 Å². The van der Waals surface area contributed by atoms with E-state index in [4.69, 9.17) is 0 Å². The Morgan fingerprint density at radius 2 is 1.67 bits per heavy atom. The number of hydrogen-bond donors (Lipinski definition) is 1. The summed E-state index contributed by atoms with van der Waals surface area (Å²) < 4.78 is 26.9. The molecule has 0 aliphatic heterocycles. The van der Waals surface area contributed by atoms with Gasteiger partial charge in [0.05, 0.1) is 10.6 Å². The van der Waals surface area contributed by atoms with E-state index < -0.39 is 10.0 Å². The minimum Gasteiger partial charge on any atom is -0.268 e. The predicted octanol–water partition coefficient (Wildman–Crippen LogP) is 2.49. The van der Waals surface area contributed by atoms with Crippen molar-refractivity contribution in [2.45, 2.75) is 24.8 Å². The quantitative estimate of drug-likeness (QED) is 0.709. The lowest BCUT2D eigenvalue weighted by Gasteiger charge is -2.17. The SMILES string of the molecule is Cc1cc(Cc2ccc(S(=O)(=O)N(C)Cc3ccccc3)cc2)c(=O)[nH]n1. The monoisotopic (exact) mass is 383 g/mol. The van der Waals surface area contributed by atoms with Crippen molar-refractivity contribution < 1.29 is 8.42 Å². The second-order valence-electron chi connectivity index (χ2n) is 6.43. The van der Waals surface area contributed by atoms with E-state index in [1.54, 1.807) is 44.3 Å². The fraction of sp³-hybridized carbons (Fsp3) is 0.200. The molecule has 3 aromatic rings. The largest absolute Gasteiger partial charge is 0.268 e. The molecule has 7 heteroatoms. The highest BCUT2D eigenvalue weighted by atomic mass is 32.2. The van der Waals surface area contributed by atoms with Crippen molar-refractivity contribution in [1.82, 2.24) is 14.5 Å². The lowest BCUT2D eigenvalue weighted by atomic mass is 10.1. The molecule has 0 saturated carbocycles. The normalized spacial score (nSPS) is 11.7. The molecule has 27 heavy (non-hydrogen) atoms. The first-order chi connectivity index (χ1) is 12.9. The van der Waals surface area contributed by atoms with Crippen molar-refractivity contribution in [3.8, 4) is 0 Å². The van der Waals surface area contributed by atoms with E-state index >= 15 is 0 Å². The average Bonchev–Trinajstić information content (AvgIpc) is 2.66. The maximum Gasteiger partial charge on any atom is 0.267 e. The summed E-state index contributed by atoms with van der Waals surface area (Å²) in [5, 5.41) is 6.31. The Morgan fingerprint density at radius 3 is 2.33 bits per heavy atom. The third kappa shape index (κ3) is 4.50. The second kappa shape index (κ2) is 7.85. The first-order valence-corrected chi connectivity index (χ1v) is 9.94. The van der Waals surface area contributed by atoms with Crippen molar-refractivity contribution >= 4 is 10.0 Å². The molecule has 0 saturated heterocycles. The third-order valence-electron chi connectivity index (χ3n) is 4.28. The van der Waals surface area contributed by atoms with Crippen molar-refractivity contribution in [2.75, 3.05) is 7.05 Å². The van der Waals surface area contributed by atoms with Gasteiger partial charge in [0.15, 0.2) is 0 Å². The molecule has 0 bridgehead atoms. The molecular weight excluding hydrogens is 362 g/mol. The van der Waals surface area contributed by atoms with Crippen LogP contribution in [0.1, 0.15) is 22.4 Å². The highest BCUT2D eigenvalue weighted by Crippen LogP contribution is 2.18. The van der Waals surface area contributed by atoms with Crippen molar-refractivity contribution in [1.29, 1.82) is 0 Å². The van der Waals surface area contributed by atoms with Crippen molar-refractivity contribution in [3.63, 3.8) is 0 Å². The van der Waals surface area contributed by atoms with E-state index in [1.165, 1.54) is 4.31 Å². The van der Waals surface area contributed by atoms with Gasteiger partial charge in [0, 0.05) is 25.6 Å². The number of sulfonamides is 1. The van der Waals surface area contributed by atoms with E-state index in [9.17, 15) is 13.2 Å². The topological polar surface area (TPSA) is 83.1 Å². The number of aromatic nitrogens is 2. The molecule has 2 aromatic carbocycles. The van der Waals surface area contributed by atoms with Crippen LogP contribution in [-0.2, 0) is 23.0 Å². The molecule has 0 atom stereocenters. The number of nitrogens with one attached hydrogen (secondary N) is 1. The molecule has 0 aliphatic rings. The molecule has 1 aromatic heterocycles. The van der Waals surface area contributed by atoms with E-state index in [2.05, 4.69) is 10.2 Å². The summed E-state index contributed by atoms with van der Waals surface area (Å²) in [6.45, 7) is 2.11. The van der Waals surface area contributed by atoms with Gasteiger partial charge >= 0.3 is 0 Å². The molecule has 1 heterocycles. The van der Waals surface area contributed by atoms with Gasteiger partial charge in [-0.05, 0) is 36.2 Å². The molecular formula is C20H21N3O3S. The van der Waals surface area contributed by atoms with Crippen molar-refractivity contribution in [2.24, 2.45) is 0 Å². The fourth-order valence-electron chi connectivity index (χ4n) is 2.80. The maximum absolute atomic E-state index is 12.8. The van der Waals surface area contributed by atoms with Crippen LogP contribution in [0, 0.1) is 6.92 Å². The highest BCUT2D eigenvalue weighted by molar-refractivity contribution is 7.89. The lowest BCUT2D eigenvalue weighted by molar-refractivity contribution is 0.466. The Bertz CT molecular complexity index is 1080. The smallest absolute Gasteiger partial charge is 0.267 e. The second-order valence-corrected chi connectivity index (χ2v) is 8.48. The van der Waals surface area contributed by atoms with Crippen LogP contribution < -0.4 is 5.56 Å². The fourth-order valence-corrected chi connectivity index (χ4v) is 3.96. The van der Waals surface area contributed by atoms with Crippen LogP contribution in [0.5, 0.6) is 0 Å². The number of nitrogens with zero attached hydrogens (tertiary/aromatic N) is 2. The summed E-state index contributed by atoms with van der Waals surface area (Å²) in [4.78, 5) is 12.1. The van der Waals surface area contributed by atoms with Crippen LogP contribution in [0.25, 0.3) is 0 Å². The Morgan fingerprint density at radius 1 is 1.00 bits per heavy atom. The average molecular weight is 383 g/mol. The number of H-pyrrole nitrogens is 1. The van der Waals surface area contributed by atoms with Gasteiger partial charge in [0.2, 0.25) is 10.0 Å². The standard InChI is InChI=1S/C20H21N3O3S/c1-15-12-18(20(24)22-21-15)13-16-8-10-19(11-9-16)27(25,26)23(2)14-17-6-4-3-5-7-17/h3-12H,13-14H2,1-2H3,(H,22,24). The van der Waals surface area contributed by atoms with Gasteiger partial charge in [-0.2, -0.15) is 9.40 Å². The Hall–Kier alpha value is -2.77. The molecule has 0 amide bonds. The summed E-state index contributed by atoms with van der Waals surface area (Å²) in [5.41, 5.74) is 2.87. The summed E-state index contributed by atoms with van der Waals surface area (Å²) in [7, 11) is -2.02. The first-order valence-electron chi connectivity index (χ1n) is 8.50.